The maximum absolute atomic E-state index is 10.4. The normalized spacial score (nSPS) is 12.5. The van der Waals surface area contributed by atoms with Crippen LogP contribution in [-0.2, 0) is 20.8 Å². The monoisotopic (exact) mass is 312 g/mol. The fourth-order valence-electron chi connectivity index (χ4n) is 1.36. The van der Waals surface area contributed by atoms with Gasteiger partial charge in [0.25, 0.3) is 0 Å². The average molecular weight is 312 g/mol. The van der Waals surface area contributed by atoms with E-state index in [1.807, 2.05) is 30.3 Å². The predicted molar refractivity (Wildman–Crippen MR) is 78.2 cm³/mol. The van der Waals surface area contributed by atoms with Crippen LogP contribution in [0.4, 0.5) is 0 Å². The Balaban J connectivity index is 0.000000409. The molecule has 22 heavy (non-hydrogen) atoms. The van der Waals surface area contributed by atoms with Crippen molar-refractivity contribution in [1.29, 1.82) is 0 Å². The molecule has 2 atom stereocenters. The molecule has 0 heterocycles. The number of carboxylic acids is 3. The molecular weight excluding hydrogens is 292 g/mol. The van der Waals surface area contributed by atoms with E-state index in [2.05, 4.69) is 0 Å². The lowest BCUT2D eigenvalue weighted by atomic mass is 10.1. The molecule has 1 aromatic rings. The fourth-order valence-corrected chi connectivity index (χ4v) is 1.36. The number of rotatable bonds is 7. The van der Waals surface area contributed by atoms with Crippen molar-refractivity contribution >= 4 is 17.9 Å². The van der Waals surface area contributed by atoms with Crippen molar-refractivity contribution in [2.24, 2.45) is 11.5 Å². The average Bonchev–Trinajstić information content (AvgIpc) is 2.46. The van der Waals surface area contributed by atoms with E-state index in [1.165, 1.54) is 0 Å². The molecule has 0 bridgehead atoms. The highest BCUT2D eigenvalue weighted by atomic mass is 16.4. The number of nitrogens with two attached hydrogens (primary N) is 2. The van der Waals surface area contributed by atoms with Crippen molar-refractivity contribution in [3.63, 3.8) is 0 Å². The number of benzene rings is 1. The van der Waals surface area contributed by atoms with E-state index in [-0.39, 0.29) is 12.8 Å². The number of hydrogen-bond acceptors (Lipinski definition) is 5. The molecule has 0 amide bonds. The second kappa shape index (κ2) is 10.3. The first-order valence-corrected chi connectivity index (χ1v) is 6.46. The maximum atomic E-state index is 10.4. The van der Waals surface area contributed by atoms with Gasteiger partial charge in [-0.25, -0.2) is 0 Å². The minimum atomic E-state index is -1.17. The second-order valence-corrected chi connectivity index (χ2v) is 4.51. The van der Waals surface area contributed by atoms with Crippen LogP contribution >= 0.6 is 0 Å². The van der Waals surface area contributed by atoms with Crippen molar-refractivity contribution < 1.29 is 29.7 Å². The summed E-state index contributed by atoms with van der Waals surface area (Å²) < 4.78 is 0. The third-order valence-electron chi connectivity index (χ3n) is 2.60. The van der Waals surface area contributed by atoms with Gasteiger partial charge in [-0.15, -0.1) is 0 Å². The minimum Gasteiger partial charge on any atom is -0.481 e. The zero-order chi connectivity index (χ0) is 17.1. The van der Waals surface area contributed by atoms with Crippen LogP contribution in [0.2, 0.25) is 0 Å². The van der Waals surface area contributed by atoms with Crippen LogP contribution in [-0.4, -0.2) is 45.3 Å². The lowest BCUT2D eigenvalue weighted by molar-refractivity contribution is -0.140. The molecule has 0 radical (unpaired) electrons. The molecule has 0 saturated carbocycles. The molecule has 7 N–H and O–H groups in total. The van der Waals surface area contributed by atoms with Crippen LogP contribution in [0.25, 0.3) is 0 Å². The van der Waals surface area contributed by atoms with Gasteiger partial charge in [0.15, 0.2) is 0 Å². The van der Waals surface area contributed by atoms with Gasteiger partial charge in [0.2, 0.25) is 0 Å². The number of carboxylic acid groups (broad SMARTS) is 3. The number of hydrogen-bond donors (Lipinski definition) is 5. The van der Waals surface area contributed by atoms with Crippen molar-refractivity contribution in [2.75, 3.05) is 0 Å². The molecule has 1 aromatic carbocycles. The molecule has 8 heteroatoms. The third-order valence-corrected chi connectivity index (χ3v) is 2.60. The van der Waals surface area contributed by atoms with E-state index in [9.17, 15) is 14.4 Å². The van der Waals surface area contributed by atoms with Gasteiger partial charge in [-0.05, 0) is 18.4 Å². The quantitative estimate of drug-likeness (QED) is 0.466. The molecule has 0 spiro atoms. The highest BCUT2D eigenvalue weighted by molar-refractivity contribution is 5.74. The number of aliphatic carboxylic acids is 3. The van der Waals surface area contributed by atoms with Gasteiger partial charge in [0.1, 0.15) is 12.1 Å². The van der Waals surface area contributed by atoms with E-state index in [1.54, 1.807) is 0 Å². The molecule has 0 aromatic heterocycles. The Morgan fingerprint density at radius 2 is 1.41 bits per heavy atom. The Labute approximate surface area is 127 Å². The molecule has 0 aliphatic rings. The minimum absolute atomic E-state index is 0.0231. The first kappa shape index (κ1) is 19.6. The largest absolute Gasteiger partial charge is 0.481 e. The van der Waals surface area contributed by atoms with Gasteiger partial charge in [0, 0.05) is 6.42 Å². The summed E-state index contributed by atoms with van der Waals surface area (Å²) in [7, 11) is 0. The smallest absolute Gasteiger partial charge is 0.320 e. The van der Waals surface area contributed by atoms with Gasteiger partial charge in [-0.3, -0.25) is 14.4 Å². The first-order chi connectivity index (χ1) is 10.2. The molecular formula is C14H20N2O6. The summed E-state index contributed by atoms with van der Waals surface area (Å²) in [6.45, 7) is 0. The lowest BCUT2D eigenvalue weighted by Crippen LogP contribution is -2.32. The molecule has 1 rings (SSSR count). The van der Waals surface area contributed by atoms with E-state index < -0.39 is 30.0 Å². The van der Waals surface area contributed by atoms with E-state index in [0.29, 0.717) is 6.42 Å². The zero-order valence-electron chi connectivity index (χ0n) is 11.9. The molecule has 0 fully saturated rings. The summed E-state index contributed by atoms with van der Waals surface area (Å²) in [6, 6.07) is 7.48. The summed E-state index contributed by atoms with van der Waals surface area (Å²) in [5, 5.41) is 24.8. The zero-order valence-corrected chi connectivity index (χ0v) is 11.9. The topological polar surface area (TPSA) is 164 Å². The van der Waals surface area contributed by atoms with E-state index >= 15 is 0 Å². The Hall–Kier alpha value is -2.45. The summed E-state index contributed by atoms with van der Waals surface area (Å²) >= 11 is 0. The van der Waals surface area contributed by atoms with Crippen LogP contribution in [0.5, 0.6) is 0 Å². The molecule has 8 nitrogen and oxygen atoms in total. The van der Waals surface area contributed by atoms with Crippen molar-refractivity contribution in [2.45, 2.75) is 31.3 Å². The summed E-state index contributed by atoms with van der Waals surface area (Å²) in [5.74, 6) is -3.16. The van der Waals surface area contributed by atoms with Crippen LogP contribution in [0, 0.1) is 0 Å². The van der Waals surface area contributed by atoms with Gasteiger partial charge < -0.3 is 26.8 Å². The summed E-state index contributed by atoms with van der Waals surface area (Å²) in [5.41, 5.74) is 11.3. The van der Waals surface area contributed by atoms with Gasteiger partial charge in [0.05, 0.1) is 0 Å². The third kappa shape index (κ3) is 9.45. The second-order valence-electron chi connectivity index (χ2n) is 4.51. The van der Waals surface area contributed by atoms with Crippen LogP contribution < -0.4 is 11.5 Å². The van der Waals surface area contributed by atoms with E-state index in [4.69, 9.17) is 26.8 Å². The van der Waals surface area contributed by atoms with Gasteiger partial charge >= 0.3 is 17.9 Å². The van der Waals surface area contributed by atoms with Gasteiger partial charge in [-0.2, -0.15) is 0 Å². The summed E-state index contributed by atoms with van der Waals surface area (Å²) in [6.07, 6.45) is 0.161. The first-order valence-electron chi connectivity index (χ1n) is 6.46. The van der Waals surface area contributed by atoms with Crippen molar-refractivity contribution in [3.8, 4) is 0 Å². The molecule has 0 aliphatic heterocycles. The Bertz CT molecular complexity index is 491. The predicted octanol–water partition coefficient (Wildman–Crippen LogP) is -0.0959. The van der Waals surface area contributed by atoms with Crippen LogP contribution in [0.15, 0.2) is 30.3 Å². The van der Waals surface area contributed by atoms with Crippen LogP contribution in [0.1, 0.15) is 18.4 Å². The van der Waals surface area contributed by atoms with E-state index in [0.717, 1.165) is 5.56 Å². The molecule has 2 unspecified atom stereocenters. The number of carbonyl (C=O) groups is 3. The molecule has 0 saturated heterocycles. The maximum Gasteiger partial charge on any atom is 0.320 e. The van der Waals surface area contributed by atoms with Crippen molar-refractivity contribution in [1.82, 2.24) is 0 Å². The summed E-state index contributed by atoms with van der Waals surface area (Å²) in [4.78, 5) is 30.3. The van der Waals surface area contributed by atoms with Crippen LogP contribution in [0.3, 0.4) is 0 Å². The standard InChI is InChI=1S/C9H11NO2.C5H9NO4/c10-8(9(11)12)6-7-4-2-1-3-5-7;6-3(5(9)10)1-2-4(7)8/h1-5,8H,6,10H2,(H,11,12);3H,1-2,6H2,(H,7,8)(H,9,10). The lowest BCUT2D eigenvalue weighted by Gasteiger charge is -2.04. The Kier molecular flexibility index (Phi) is 9.15. The Morgan fingerprint density at radius 3 is 1.82 bits per heavy atom. The van der Waals surface area contributed by atoms with Crippen molar-refractivity contribution in [3.05, 3.63) is 35.9 Å². The Morgan fingerprint density at radius 1 is 0.909 bits per heavy atom. The highest BCUT2D eigenvalue weighted by Crippen LogP contribution is 2.01. The van der Waals surface area contributed by atoms with Gasteiger partial charge in [-0.1, -0.05) is 30.3 Å². The highest BCUT2D eigenvalue weighted by Gasteiger charge is 2.12. The SMILES string of the molecule is NC(CCC(=O)O)C(=O)O.NC(Cc1ccccc1)C(=O)O. The fraction of sp³-hybridized carbons (Fsp3) is 0.357. The molecule has 0 aliphatic carbocycles. The molecule has 122 valence electrons.